The number of benzene rings is 1. The smallest absolute Gasteiger partial charge is 0.339 e. The van der Waals surface area contributed by atoms with E-state index in [1.807, 2.05) is 25.1 Å². The zero-order valence-corrected chi connectivity index (χ0v) is 14.3. The van der Waals surface area contributed by atoms with Crippen LogP contribution in [0.3, 0.4) is 0 Å². The van der Waals surface area contributed by atoms with E-state index >= 15 is 0 Å². The predicted molar refractivity (Wildman–Crippen MR) is 91.3 cm³/mol. The van der Waals surface area contributed by atoms with Crippen molar-refractivity contribution in [1.82, 2.24) is 15.2 Å². The van der Waals surface area contributed by atoms with Gasteiger partial charge in [0, 0.05) is 18.0 Å². The van der Waals surface area contributed by atoms with E-state index < -0.39 is 0 Å². The predicted octanol–water partition coefficient (Wildman–Crippen LogP) is 3.47. The van der Waals surface area contributed by atoms with Gasteiger partial charge in [-0.15, -0.1) is 10.2 Å². The molecule has 0 fully saturated rings. The van der Waals surface area contributed by atoms with E-state index in [2.05, 4.69) is 10.2 Å². The summed E-state index contributed by atoms with van der Waals surface area (Å²) in [6.45, 7) is 3.69. The lowest BCUT2D eigenvalue weighted by atomic mass is 9.89. The highest BCUT2D eigenvalue weighted by Crippen LogP contribution is 2.30. The van der Waals surface area contributed by atoms with Gasteiger partial charge < -0.3 is 9.15 Å². The maximum atomic E-state index is 12.9. The van der Waals surface area contributed by atoms with E-state index in [4.69, 9.17) is 14.1 Å². The fourth-order valence-corrected chi connectivity index (χ4v) is 3.37. The molecule has 0 spiro atoms. The summed E-state index contributed by atoms with van der Waals surface area (Å²) in [6, 6.07) is 5.99. The Morgan fingerprint density at radius 1 is 1.20 bits per heavy atom. The fourth-order valence-electron chi connectivity index (χ4n) is 3.37. The summed E-state index contributed by atoms with van der Waals surface area (Å²) in [6.07, 6.45) is 3.93. The third-order valence-electron chi connectivity index (χ3n) is 4.52. The molecule has 4 rings (SSSR count). The zero-order valence-electron chi connectivity index (χ0n) is 14.3. The van der Waals surface area contributed by atoms with Crippen LogP contribution in [0.4, 0.5) is 0 Å². The molecule has 6 nitrogen and oxygen atoms in total. The second-order valence-corrected chi connectivity index (χ2v) is 6.43. The molecule has 0 atom stereocenters. The molecule has 0 bridgehead atoms. The molecule has 0 amide bonds. The first-order valence-electron chi connectivity index (χ1n) is 8.50. The number of ether oxygens (including phenoxy) is 1. The molecule has 0 N–H and O–H groups in total. The molecular formula is C19H19N3O3. The molecule has 0 unspecified atom stereocenters. The fraction of sp³-hybridized carbons (Fsp3) is 0.368. The molecule has 0 saturated carbocycles. The molecule has 128 valence electrons. The summed E-state index contributed by atoms with van der Waals surface area (Å²) in [5.74, 6) is 0.398. The minimum Gasteiger partial charge on any atom is -0.452 e. The van der Waals surface area contributed by atoms with E-state index in [1.54, 1.807) is 6.92 Å². The Morgan fingerprint density at radius 2 is 2.04 bits per heavy atom. The van der Waals surface area contributed by atoms with E-state index in [-0.39, 0.29) is 12.6 Å². The van der Waals surface area contributed by atoms with E-state index in [0.717, 1.165) is 53.4 Å². The van der Waals surface area contributed by atoms with Crippen LogP contribution in [0, 0.1) is 13.8 Å². The Morgan fingerprint density at radius 3 is 2.84 bits per heavy atom. The van der Waals surface area contributed by atoms with Crippen LogP contribution < -0.4 is 0 Å². The molecule has 2 heterocycles. The van der Waals surface area contributed by atoms with Crippen molar-refractivity contribution in [1.29, 1.82) is 0 Å². The molecule has 1 aromatic carbocycles. The first-order valence-corrected chi connectivity index (χ1v) is 8.50. The maximum absolute atomic E-state index is 12.9. The average Bonchev–Trinajstić information content (AvgIpc) is 3.03. The minimum absolute atomic E-state index is 0.0237. The molecule has 1 aliphatic carbocycles. The monoisotopic (exact) mass is 337 g/mol. The van der Waals surface area contributed by atoms with Gasteiger partial charge in [0.2, 0.25) is 5.89 Å². The largest absolute Gasteiger partial charge is 0.452 e. The number of aromatic nitrogens is 3. The molecule has 6 heteroatoms. The van der Waals surface area contributed by atoms with Gasteiger partial charge >= 0.3 is 5.97 Å². The lowest BCUT2D eigenvalue weighted by molar-refractivity contribution is 0.0437. The Kier molecular flexibility index (Phi) is 3.95. The van der Waals surface area contributed by atoms with Crippen LogP contribution in [0.15, 0.2) is 22.6 Å². The Balaban J connectivity index is 1.75. The average molecular weight is 337 g/mol. The minimum atomic E-state index is -0.355. The van der Waals surface area contributed by atoms with Gasteiger partial charge in [-0.1, -0.05) is 11.6 Å². The summed E-state index contributed by atoms with van der Waals surface area (Å²) < 4.78 is 10.8. The highest BCUT2D eigenvalue weighted by molar-refractivity contribution is 6.05. The second-order valence-electron chi connectivity index (χ2n) is 6.43. The number of rotatable bonds is 3. The third-order valence-corrected chi connectivity index (χ3v) is 4.52. The molecule has 3 aromatic rings. The molecule has 25 heavy (non-hydrogen) atoms. The van der Waals surface area contributed by atoms with Gasteiger partial charge in [0.15, 0.2) is 6.61 Å². The number of nitrogens with zero attached hydrogens (tertiary/aromatic N) is 3. The number of carbonyl (C=O) groups excluding carboxylic acids is 1. The van der Waals surface area contributed by atoms with Crippen LogP contribution in [-0.2, 0) is 24.2 Å². The quantitative estimate of drug-likeness (QED) is 0.681. The van der Waals surface area contributed by atoms with Gasteiger partial charge in [-0.3, -0.25) is 4.98 Å². The van der Waals surface area contributed by atoms with Crippen molar-refractivity contribution in [3.05, 3.63) is 52.4 Å². The van der Waals surface area contributed by atoms with Crippen molar-refractivity contribution < 1.29 is 13.9 Å². The van der Waals surface area contributed by atoms with Crippen LogP contribution in [0.5, 0.6) is 0 Å². The van der Waals surface area contributed by atoms with Crippen LogP contribution >= 0.6 is 0 Å². The van der Waals surface area contributed by atoms with Gasteiger partial charge in [0.1, 0.15) is 0 Å². The summed E-state index contributed by atoms with van der Waals surface area (Å²) in [4.78, 5) is 17.7. The first-order chi connectivity index (χ1) is 12.1. The Hall–Kier alpha value is -2.76. The van der Waals surface area contributed by atoms with E-state index in [1.165, 1.54) is 0 Å². The Labute approximate surface area is 145 Å². The van der Waals surface area contributed by atoms with E-state index in [9.17, 15) is 4.79 Å². The number of fused-ring (bicyclic) bond motifs is 2. The van der Waals surface area contributed by atoms with Crippen molar-refractivity contribution in [3.63, 3.8) is 0 Å². The van der Waals surface area contributed by atoms with E-state index in [0.29, 0.717) is 17.3 Å². The van der Waals surface area contributed by atoms with Crippen molar-refractivity contribution in [3.8, 4) is 0 Å². The van der Waals surface area contributed by atoms with Gasteiger partial charge in [0.05, 0.1) is 11.1 Å². The van der Waals surface area contributed by atoms with Gasteiger partial charge in [-0.2, -0.15) is 0 Å². The maximum Gasteiger partial charge on any atom is 0.339 e. The molecule has 0 saturated heterocycles. The van der Waals surface area contributed by atoms with Crippen LogP contribution in [-0.4, -0.2) is 21.2 Å². The summed E-state index contributed by atoms with van der Waals surface area (Å²) in [5, 5.41) is 8.47. The molecular weight excluding hydrogens is 318 g/mol. The highest BCUT2D eigenvalue weighted by atomic mass is 16.5. The van der Waals surface area contributed by atoms with Crippen LogP contribution in [0.2, 0.25) is 0 Å². The van der Waals surface area contributed by atoms with Crippen molar-refractivity contribution in [2.75, 3.05) is 0 Å². The number of pyridine rings is 1. The summed E-state index contributed by atoms with van der Waals surface area (Å²) >= 11 is 0. The Bertz CT molecular complexity index is 962. The molecule has 0 aliphatic heterocycles. The first kappa shape index (κ1) is 15.7. The van der Waals surface area contributed by atoms with Gasteiger partial charge in [-0.25, -0.2) is 4.79 Å². The van der Waals surface area contributed by atoms with Crippen molar-refractivity contribution >= 4 is 16.9 Å². The summed E-state index contributed by atoms with van der Waals surface area (Å²) in [7, 11) is 0. The van der Waals surface area contributed by atoms with Crippen LogP contribution in [0.1, 0.15) is 51.8 Å². The molecule has 1 aliphatic rings. The standard InChI is InChI=1S/C19H19N3O3/c1-11-7-8-16-14(9-11)18(13-5-3-4-6-15(13)20-16)19(23)24-10-17-22-21-12(2)25-17/h7-9H,3-6,10H2,1-2H3. The number of aryl methyl sites for hydroxylation is 3. The third kappa shape index (κ3) is 2.99. The zero-order chi connectivity index (χ0) is 17.4. The lowest BCUT2D eigenvalue weighted by Crippen LogP contribution is -2.15. The highest BCUT2D eigenvalue weighted by Gasteiger charge is 2.24. The van der Waals surface area contributed by atoms with Gasteiger partial charge in [0.25, 0.3) is 5.89 Å². The number of hydrogen-bond donors (Lipinski definition) is 0. The van der Waals surface area contributed by atoms with Crippen molar-refractivity contribution in [2.45, 2.75) is 46.1 Å². The second kappa shape index (κ2) is 6.27. The molecule has 0 radical (unpaired) electrons. The number of carbonyl (C=O) groups is 1. The molecule has 2 aromatic heterocycles. The summed E-state index contributed by atoms with van der Waals surface area (Å²) in [5.41, 5.74) is 4.61. The van der Waals surface area contributed by atoms with Crippen molar-refractivity contribution in [2.24, 2.45) is 0 Å². The van der Waals surface area contributed by atoms with Crippen LogP contribution in [0.25, 0.3) is 10.9 Å². The lowest BCUT2D eigenvalue weighted by Gasteiger charge is -2.20. The van der Waals surface area contributed by atoms with Gasteiger partial charge in [-0.05, 0) is 50.3 Å². The normalized spacial score (nSPS) is 13.7. The number of esters is 1. The SMILES string of the molecule is Cc1ccc2nc3c(c(C(=O)OCc4nnc(C)o4)c2c1)CCCC3. The topological polar surface area (TPSA) is 78.1 Å². The number of hydrogen-bond acceptors (Lipinski definition) is 6.